The average molecular weight is 211 g/mol. The number of unbranched alkanes of at least 4 members (excludes halogenated alkanes) is 3. The lowest BCUT2D eigenvalue weighted by Crippen LogP contribution is -2.22. The van der Waals surface area contributed by atoms with Crippen molar-refractivity contribution in [2.45, 2.75) is 58.1 Å². The Morgan fingerprint density at radius 1 is 1.33 bits per heavy atom. The van der Waals surface area contributed by atoms with Crippen LogP contribution < -0.4 is 0 Å². The van der Waals surface area contributed by atoms with Crippen molar-refractivity contribution in [3.8, 4) is 0 Å². The van der Waals surface area contributed by atoms with E-state index >= 15 is 0 Å². The van der Waals surface area contributed by atoms with Crippen LogP contribution in [-0.2, 0) is 0 Å². The van der Waals surface area contributed by atoms with Gasteiger partial charge in [-0.05, 0) is 13.3 Å². The minimum absolute atomic E-state index is 0.0735. The Hall–Kier alpha value is -0.900. The standard InChI is InChI=1S/C11H21N3O/c1-3-4-5-6-7-11(10(2)15)14-9-8-12-13-14/h8-11,15H,3-7H2,1-2H3/t10-,11+/m0/s1. The second-order valence-electron chi connectivity index (χ2n) is 4.04. The van der Waals surface area contributed by atoms with Gasteiger partial charge < -0.3 is 5.11 Å². The molecule has 0 saturated carbocycles. The Morgan fingerprint density at radius 3 is 2.67 bits per heavy atom. The predicted octanol–water partition coefficient (Wildman–Crippen LogP) is 2.17. The fourth-order valence-electron chi connectivity index (χ4n) is 1.77. The molecule has 1 rings (SSSR count). The number of nitrogens with zero attached hydrogens (tertiary/aromatic N) is 3. The van der Waals surface area contributed by atoms with Gasteiger partial charge in [0.1, 0.15) is 0 Å². The van der Waals surface area contributed by atoms with Crippen LogP contribution in [0.1, 0.15) is 52.0 Å². The van der Waals surface area contributed by atoms with E-state index in [1.54, 1.807) is 10.9 Å². The zero-order chi connectivity index (χ0) is 11.1. The molecule has 0 aliphatic rings. The van der Waals surface area contributed by atoms with Crippen molar-refractivity contribution >= 4 is 0 Å². The highest BCUT2D eigenvalue weighted by molar-refractivity contribution is 4.75. The Kier molecular flexibility index (Phi) is 5.32. The molecule has 0 saturated heterocycles. The average Bonchev–Trinajstić information content (AvgIpc) is 2.70. The summed E-state index contributed by atoms with van der Waals surface area (Å²) in [6.45, 7) is 4.01. The normalized spacial score (nSPS) is 15.1. The highest BCUT2D eigenvalue weighted by Crippen LogP contribution is 2.18. The maximum Gasteiger partial charge on any atom is 0.0793 e. The van der Waals surface area contributed by atoms with Crippen LogP contribution in [-0.4, -0.2) is 26.2 Å². The van der Waals surface area contributed by atoms with E-state index in [1.165, 1.54) is 19.3 Å². The lowest BCUT2D eigenvalue weighted by atomic mass is 10.0. The lowest BCUT2D eigenvalue weighted by molar-refractivity contribution is 0.114. The maximum absolute atomic E-state index is 9.65. The Bertz CT molecular complexity index is 246. The van der Waals surface area contributed by atoms with Crippen molar-refractivity contribution in [3.05, 3.63) is 12.4 Å². The van der Waals surface area contributed by atoms with Gasteiger partial charge >= 0.3 is 0 Å². The minimum atomic E-state index is -0.367. The molecule has 4 nitrogen and oxygen atoms in total. The third-order valence-electron chi connectivity index (χ3n) is 2.69. The van der Waals surface area contributed by atoms with Gasteiger partial charge in [-0.2, -0.15) is 0 Å². The lowest BCUT2D eigenvalue weighted by Gasteiger charge is -2.19. The SMILES string of the molecule is CCCCCC[C@H]([C@H](C)O)n1ccnn1. The molecule has 0 spiro atoms. The summed E-state index contributed by atoms with van der Waals surface area (Å²) in [5, 5.41) is 17.4. The van der Waals surface area contributed by atoms with E-state index < -0.39 is 0 Å². The quantitative estimate of drug-likeness (QED) is 0.703. The molecule has 0 aliphatic heterocycles. The molecular formula is C11H21N3O. The third-order valence-corrected chi connectivity index (χ3v) is 2.69. The number of aliphatic hydroxyl groups excluding tert-OH is 1. The van der Waals surface area contributed by atoms with Crippen LogP contribution in [0.3, 0.4) is 0 Å². The van der Waals surface area contributed by atoms with Gasteiger partial charge in [-0.1, -0.05) is 37.8 Å². The first-order chi connectivity index (χ1) is 7.25. The van der Waals surface area contributed by atoms with E-state index in [4.69, 9.17) is 0 Å². The summed E-state index contributed by atoms with van der Waals surface area (Å²) in [5.41, 5.74) is 0. The number of aromatic nitrogens is 3. The van der Waals surface area contributed by atoms with Crippen molar-refractivity contribution in [1.29, 1.82) is 0 Å². The predicted molar refractivity (Wildman–Crippen MR) is 59.5 cm³/mol. The fraction of sp³-hybridized carbons (Fsp3) is 0.818. The van der Waals surface area contributed by atoms with Gasteiger partial charge in [-0.15, -0.1) is 5.10 Å². The molecule has 0 unspecified atom stereocenters. The van der Waals surface area contributed by atoms with E-state index in [0.29, 0.717) is 0 Å². The molecule has 15 heavy (non-hydrogen) atoms. The molecule has 2 atom stereocenters. The smallest absolute Gasteiger partial charge is 0.0793 e. The van der Waals surface area contributed by atoms with Crippen LogP contribution >= 0.6 is 0 Å². The highest BCUT2D eigenvalue weighted by Gasteiger charge is 2.16. The molecule has 4 heteroatoms. The van der Waals surface area contributed by atoms with Crippen LogP contribution in [0.5, 0.6) is 0 Å². The van der Waals surface area contributed by atoms with Crippen molar-refractivity contribution in [1.82, 2.24) is 15.0 Å². The van der Waals surface area contributed by atoms with Gasteiger partial charge in [0.25, 0.3) is 0 Å². The molecule has 86 valence electrons. The molecular weight excluding hydrogens is 190 g/mol. The van der Waals surface area contributed by atoms with E-state index in [-0.39, 0.29) is 12.1 Å². The first kappa shape index (κ1) is 12.2. The molecule has 0 fully saturated rings. The number of hydrogen-bond acceptors (Lipinski definition) is 3. The first-order valence-corrected chi connectivity index (χ1v) is 5.79. The molecule has 1 heterocycles. The summed E-state index contributed by atoms with van der Waals surface area (Å²) >= 11 is 0. The Balaban J connectivity index is 2.39. The Labute approximate surface area is 91.3 Å². The third kappa shape index (κ3) is 4.00. The zero-order valence-corrected chi connectivity index (χ0v) is 9.63. The number of aliphatic hydroxyl groups is 1. The molecule has 1 aromatic heterocycles. The van der Waals surface area contributed by atoms with E-state index in [9.17, 15) is 5.11 Å². The molecule has 0 aliphatic carbocycles. The summed E-state index contributed by atoms with van der Waals surface area (Å²) in [5.74, 6) is 0. The van der Waals surface area contributed by atoms with Gasteiger partial charge in [0.2, 0.25) is 0 Å². The van der Waals surface area contributed by atoms with E-state index in [0.717, 1.165) is 12.8 Å². The van der Waals surface area contributed by atoms with E-state index in [2.05, 4.69) is 17.2 Å². The monoisotopic (exact) mass is 211 g/mol. The Morgan fingerprint density at radius 2 is 2.13 bits per heavy atom. The van der Waals surface area contributed by atoms with Crippen molar-refractivity contribution in [2.24, 2.45) is 0 Å². The van der Waals surface area contributed by atoms with E-state index in [1.807, 2.05) is 13.1 Å². The van der Waals surface area contributed by atoms with Gasteiger partial charge in [0, 0.05) is 6.20 Å². The van der Waals surface area contributed by atoms with Crippen LogP contribution in [0.4, 0.5) is 0 Å². The van der Waals surface area contributed by atoms with Gasteiger partial charge in [0.05, 0.1) is 18.3 Å². The molecule has 0 aromatic carbocycles. The van der Waals surface area contributed by atoms with Crippen LogP contribution in [0.15, 0.2) is 12.4 Å². The second-order valence-corrected chi connectivity index (χ2v) is 4.04. The first-order valence-electron chi connectivity index (χ1n) is 5.79. The van der Waals surface area contributed by atoms with Crippen molar-refractivity contribution < 1.29 is 5.11 Å². The van der Waals surface area contributed by atoms with Gasteiger partial charge in [-0.25, -0.2) is 4.68 Å². The summed E-state index contributed by atoms with van der Waals surface area (Å²) < 4.78 is 1.76. The molecule has 1 aromatic rings. The molecule has 0 bridgehead atoms. The van der Waals surface area contributed by atoms with Crippen LogP contribution in [0.25, 0.3) is 0 Å². The van der Waals surface area contributed by atoms with Crippen LogP contribution in [0, 0.1) is 0 Å². The summed E-state index contributed by atoms with van der Waals surface area (Å²) in [7, 11) is 0. The topological polar surface area (TPSA) is 50.9 Å². The fourth-order valence-corrected chi connectivity index (χ4v) is 1.77. The van der Waals surface area contributed by atoms with Gasteiger partial charge in [-0.3, -0.25) is 0 Å². The van der Waals surface area contributed by atoms with Crippen molar-refractivity contribution in [2.75, 3.05) is 0 Å². The molecule has 0 radical (unpaired) electrons. The second kappa shape index (κ2) is 6.56. The minimum Gasteiger partial charge on any atom is -0.391 e. The largest absolute Gasteiger partial charge is 0.391 e. The maximum atomic E-state index is 9.65. The number of rotatable bonds is 7. The number of hydrogen-bond donors (Lipinski definition) is 1. The summed E-state index contributed by atoms with van der Waals surface area (Å²) in [6.07, 6.45) is 8.96. The zero-order valence-electron chi connectivity index (χ0n) is 9.63. The molecule has 1 N–H and O–H groups in total. The highest BCUT2D eigenvalue weighted by atomic mass is 16.3. The molecule has 0 amide bonds. The summed E-state index contributed by atoms with van der Waals surface area (Å²) in [6, 6.07) is 0.0735. The van der Waals surface area contributed by atoms with Crippen molar-refractivity contribution in [3.63, 3.8) is 0 Å². The summed E-state index contributed by atoms with van der Waals surface area (Å²) in [4.78, 5) is 0. The van der Waals surface area contributed by atoms with Crippen LogP contribution in [0.2, 0.25) is 0 Å². The van der Waals surface area contributed by atoms with Gasteiger partial charge in [0.15, 0.2) is 0 Å².